The van der Waals surface area contributed by atoms with Crippen molar-refractivity contribution in [2.45, 2.75) is 38.9 Å². The van der Waals surface area contributed by atoms with Gasteiger partial charge in [0.1, 0.15) is 5.75 Å². The van der Waals surface area contributed by atoms with Crippen LogP contribution in [-0.2, 0) is 17.9 Å². The van der Waals surface area contributed by atoms with Crippen molar-refractivity contribution < 1.29 is 9.53 Å². The fraction of sp³-hybridized carbons (Fsp3) is 0.333. The second-order valence-electron chi connectivity index (χ2n) is 7.60. The first kappa shape index (κ1) is 20.2. The van der Waals surface area contributed by atoms with Crippen molar-refractivity contribution >= 4 is 11.6 Å². The molecular weight excluding hydrogens is 376 g/mol. The molecule has 0 bridgehead atoms. The van der Waals surface area contributed by atoms with Gasteiger partial charge in [-0.1, -0.05) is 30.3 Å². The third-order valence-corrected chi connectivity index (χ3v) is 5.65. The van der Waals surface area contributed by atoms with Crippen LogP contribution in [0.4, 0.5) is 5.69 Å². The van der Waals surface area contributed by atoms with Gasteiger partial charge < -0.3 is 10.1 Å². The summed E-state index contributed by atoms with van der Waals surface area (Å²) < 4.78 is 7.18. The number of methoxy groups -OCH3 is 1. The van der Waals surface area contributed by atoms with Gasteiger partial charge in [0, 0.05) is 36.1 Å². The SMILES string of the molecule is CCn1cc(CN2CCC[C@@H]2C(=O)Nc2ccccc2-c2ccc(OC)cc2)cn1. The highest BCUT2D eigenvalue weighted by Crippen LogP contribution is 2.30. The van der Waals surface area contributed by atoms with Crippen LogP contribution in [0.5, 0.6) is 5.75 Å². The smallest absolute Gasteiger partial charge is 0.241 e. The largest absolute Gasteiger partial charge is 0.497 e. The maximum Gasteiger partial charge on any atom is 0.241 e. The fourth-order valence-electron chi connectivity index (χ4n) is 4.04. The summed E-state index contributed by atoms with van der Waals surface area (Å²) in [5, 5.41) is 7.53. The molecule has 30 heavy (non-hydrogen) atoms. The molecule has 6 nitrogen and oxygen atoms in total. The minimum atomic E-state index is -0.126. The Kier molecular flexibility index (Phi) is 6.14. The van der Waals surface area contributed by atoms with Gasteiger partial charge in [-0.2, -0.15) is 5.10 Å². The summed E-state index contributed by atoms with van der Waals surface area (Å²) in [6.45, 7) is 4.60. The predicted octanol–water partition coefficient (Wildman–Crippen LogP) is 4.18. The molecule has 6 heteroatoms. The van der Waals surface area contributed by atoms with Crippen molar-refractivity contribution in [3.63, 3.8) is 0 Å². The second-order valence-corrected chi connectivity index (χ2v) is 7.60. The van der Waals surface area contributed by atoms with E-state index in [0.29, 0.717) is 0 Å². The highest BCUT2D eigenvalue weighted by atomic mass is 16.5. The summed E-state index contributed by atoms with van der Waals surface area (Å²) in [6.07, 6.45) is 5.86. The lowest BCUT2D eigenvalue weighted by molar-refractivity contribution is -0.120. The molecule has 1 fully saturated rings. The molecule has 0 spiro atoms. The number of carbonyl (C=O) groups is 1. The number of anilines is 1. The van der Waals surface area contributed by atoms with Crippen LogP contribution in [0.2, 0.25) is 0 Å². The molecule has 2 aromatic carbocycles. The Bertz CT molecular complexity index is 996. The Balaban J connectivity index is 1.49. The van der Waals surface area contributed by atoms with E-state index in [0.717, 1.165) is 60.6 Å². The molecule has 1 saturated heterocycles. The van der Waals surface area contributed by atoms with Crippen LogP contribution < -0.4 is 10.1 Å². The summed E-state index contributed by atoms with van der Waals surface area (Å²) in [5.41, 5.74) is 4.03. The van der Waals surface area contributed by atoms with Crippen LogP contribution >= 0.6 is 0 Å². The first-order valence-electron chi connectivity index (χ1n) is 10.5. The summed E-state index contributed by atoms with van der Waals surface area (Å²) in [5.74, 6) is 0.865. The van der Waals surface area contributed by atoms with E-state index in [1.54, 1.807) is 7.11 Å². The van der Waals surface area contributed by atoms with E-state index >= 15 is 0 Å². The Morgan fingerprint density at radius 1 is 1.20 bits per heavy atom. The number of nitrogens with zero attached hydrogens (tertiary/aromatic N) is 3. The molecule has 1 aromatic heterocycles. The maximum absolute atomic E-state index is 13.2. The van der Waals surface area contributed by atoms with E-state index in [1.807, 2.05) is 59.4 Å². The molecule has 2 heterocycles. The first-order valence-corrected chi connectivity index (χ1v) is 10.5. The standard InChI is InChI=1S/C24H28N4O2/c1-3-28-17-18(15-25-28)16-27-14-6-9-23(27)24(29)26-22-8-5-4-7-21(22)19-10-12-20(30-2)13-11-19/h4-5,7-8,10-13,15,17,23H,3,6,9,14,16H2,1-2H3,(H,26,29)/t23-/m1/s1. The number of benzene rings is 2. The Morgan fingerprint density at radius 3 is 2.73 bits per heavy atom. The molecule has 1 aliphatic rings. The minimum Gasteiger partial charge on any atom is -0.497 e. The fourth-order valence-corrected chi connectivity index (χ4v) is 4.04. The van der Waals surface area contributed by atoms with Gasteiger partial charge in [0.2, 0.25) is 5.91 Å². The van der Waals surface area contributed by atoms with Gasteiger partial charge in [-0.25, -0.2) is 0 Å². The van der Waals surface area contributed by atoms with E-state index in [1.165, 1.54) is 0 Å². The van der Waals surface area contributed by atoms with Crippen LogP contribution in [-0.4, -0.2) is 40.3 Å². The van der Waals surface area contributed by atoms with Crippen LogP contribution in [0, 0.1) is 0 Å². The molecule has 1 amide bonds. The second kappa shape index (κ2) is 9.13. The molecule has 3 aromatic rings. The molecule has 0 unspecified atom stereocenters. The van der Waals surface area contributed by atoms with Gasteiger partial charge >= 0.3 is 0 Å². The van der Waals surface area contributed by atoms with Gasteiger partial charge in [-0.3, -0.25) is 14.4 Å². The summed E-state index contributed by atoms with van der Waals surface area (Å²) in [6, 6.07) is 15.7. The van der Waals surface area contributed by atoms with Crippen molar-refractivity contribution in [1.82, 2.24) is 14.7 Å². The van der Waals surface area contributed by atoms with Gasteiger partial charge in [0.15, 0.2) is 0 Å². The van der Waals surface area contributed by atoms with Crippen molar-refractivity contribution in [1.29, 1.82) is 0 Å². The molecule has 1 N–H and O–H groups in total. The predicted molar refractivity (Wildman–Crippen MR) is 118 cm³/mol. The first-order chi connectivity index (χ1) is 14.7. The summed E-state index contributed by atoms with van der Waals surface area (Å²) >= 11 is 0. The molecule has 156 valence electrons. The number of carbonyl (C=O) groups excluding carboxylic acids is 1. The van der Waals surface area contributed by atoms with Crippen LogP contribution in [0.3, 0.4) is 0 Å². The highest BCUT2D eigenvalue weighted by Gasteiger charge is 2.31. The molecule has 0 aliphatic carbocycles. The molecule has 1 aliphatic heterocycles. The lowest BCUT2D eigenvalue weighted by atomic mass is 10.0. The Labute approximate surface area is 177 Å². The number of amides is 1. The zero-order valence-corrected chi connectivity index (χ0v) is 17.5. The van der Waals surface area contributed by atoms with Gasteiger partial charge in [-0.15, -0.1) is 0 Å². The van der Waals surface area contributed by atoms with Crippen molar-refractivity contribution in [3.8, 4) is 16.9 Å². The maximum atomic E-state index is 13.2. The number of ether oxygens (including phenoxy) is 1. The van der Waals surface area contributed by atoms with Crippen molar-refractivity contribution in [2.24, 2.45) is 0 Å². The third kappa shape index (κ3) is 4.39. The number of aryl methyl sites for hydroxylation is 1. The van der Waals surface area contributed by atoms with Crippen LogP contribution in [0.25, 0.3) is 11.1 Å². The number of likely N-dealkylation sites (tertiary alicyclic amines) is 1. The van der Waals surface area contributed by atoms with Gasteiger partial charge in [0.25, 0.3) is 0 Å². The van der Waals surface area contributed by atoms with Gasteiger partial charge in [-0.05, 0) is 50.1 Å². The van der Waals surface area contributed by atoms with E-state index in [2.05, 4.69) is 28.4 Å². The van der Waals surface area contributed by atoms with E-state index < -0.39 is 0 Å². The lowest BCUT2D eigenvalue weighted by Crippen LogP contribution is -2.39. The number of nitrogens with one attached hydrogen (secondary N) is 1. The number of hydrogen-bond acceptors (Lipinski definition) is 4. The third-order valence-electron chi connectivity index (χ3n) is 5.65. The summed E-state index contributed by atoms with van der Waals surface area (Å²) in [7, 11) is 1.66. The van der Waals surface area contributed by atoms with Crippen LogP contribution in [0.15, 0.2) is 60.9 Å². The van der Waals surface area contributed by atoms with E-state index in [9.17, 15) is 4.79 Å². The van der Waals surface area contributed by atoms with Crippen molar-refractivity contribution in [2.75, 3.05) is 19.0 Å². The van der Waals surface area contributed by atoms with Gasteiger partial charge in [0.05, 0.1) is 19.3 Å². The normalized spacial score (nSPS) is 16.5. The van der Waals surface area contributed by atoms with Crippen LogP contribution in [0.1, 0.15) is 25.3 Å². The average Bonchev–Trinajstić information content (AvgIpc) is 3.44. The Morgan fingerprint density at radius 2 is 2.00 bits per heavy atom. The molecule has 0 radical (unpaired) electrons. The lowest BCUT2D eigenvalue weighted by Gasteiger charge is -2.23. The zero-order chi connectivity index (χ0) is 20.9. The van der Waals surface area contributed by atoms with E-state index in [-0.39, 0.29) is 11.9 Å². The number of aromatic nitrogens is 2. The molecule has 0 saturated carbocycles. The quantitative estimate of drug-likeness (QED) is 0.642. The average molecular weight is 405 g/mol. The monoisotopic (exact) mass is 404 g/mol. The Hall–Kier alpha value is -3.12. The summed E-state index contributed by atoms with van der Waals surface area (Å²) in [4.78, 5) is 15.4. The van der Waals surface area contributed by atoms with E-state index in [4.69, 9.17) is 4.74 Å². The topological polar surface area (TPSA) is 59.4 Å². The minimum absolute atomic E-state index is 0.0522. The number of hydrogen-bond donors (Lipinski definition) is 1. The highest BCUT2D eigenvalue weighted by molar-refractivity contribution is 5.98. The molecule has 1 atom stereocenters. The number of para-hydroxylation sites is 1. The number of rotatable bonds is 7. The molecule has 4 rings (SSSR count). The zero-order valence-electron chi connectivity index (χ0n) is 17.5. The molecular formula is C24H28N4O2. The van der Waals surface area contributed by atoms with Crippen molar-refractivity contribution in [3.05, 3.63) is 66.5 Å².